The van der Waals surface area contributed by atoms with Gasteiger partial charge in [0.25, 0.3) is 0 Å². The lowest BCUT2D eigenvalue weighted by Gasteiger charge is -2.35. The predicted octanol–water partition coefficient (Wildman–Crippen LogP) is 2.22. The van der Waals surface area contributed by atoms with Gasteiger partial charge in [0.1, 0.15) is 23.7 Å². The van der Waals surface area contributed by atoms with Crippen LogP contribution in [0.3, 0.4) is 0 Å². The van der Waals surface area contributed by atoms with Crippen molar-refractivity contribution in [2.45, 2.75) is 104 Å². The van der Waals surface area contributed by atoms with E-state index in [2.05, 4.69) is 10.6 Å². The average molecular weight is 560 g/mol. The number of β-amino-alcohol motifs (C(OH)–C–C–N with tert-alkyl or cyclic N) is 1. The van der Waals surface area contributed by atoms with Gasteiger partial charge in [-0.05, 0) is 63.6 Å². The molecule has 222 valence electrons. The van der Waals surface area contributed by atoms with Crippen LogP contribution in [0.2, 0.25) is 0 Å². The summed E-state index contributed by atoms with van der Waals surface area (Å²) >= 11 is 0. The first-order valence-electron chi connectivity index (χ1n) is 13.9. The molecule has 40 heavy (non-hydrogen) atoms. The van der Waals surface area contributed by atoms with Gasteiger partial charge in [0.2, 0.25) is 17.7 Å². The largest absolute Gasteiger partial charge is 0.444 e. The first kappa shape index (κ1) is 31.2. The fraction of sp³-hybridized carbons (Fsp3) is 0.655. The number of hydrogen-bond donors (Lipinski definition) is 4. The number of alkyl carbamates (subject to hydrolysis) is 1. The number of aliphatic hydroxyl groups is 1. The number of nitrogens with one attached hydrogen (secondary N) is 2. The van der Waals surface area contributed by atoms with Crippen molar-refractivity contribution in [3.05, 3.63) is 29.8 Å². The number of carbonyl (C=O) groups excluding carboxylic acids is 4. The third-order valence-electron chi connectivity index (χ3n) is 7.30. The zero-order valence-electron chi connectivity index (χ0n) is 24.7. The van der Waals surface area contributed by atoms with Crippen molar-refractivity contribution in [2.24, 2.45) is 11.1 Å². The highest BCUT2D eigenvalue weighted by molar-refractivity contribution is 5.92. The molecule has 0 spiro atoms. The Hall–Kier alpha value is -3.34. The molecule has 0 aromatic heterocycles. The quantitative estimate of drug-likeness (QED) is 0.399. The Kier molecular flexibility index (Phi) is 9.39. The molecule has 0 saturated carbocycles. The maximum atomic E-state index is 13.7. The topological polar surface area (TPSA) is 154 Å². The van der Waals surface area contributed by atoms with Crippen molar-refractivity contribution >= 4 is 29.5 Å². The van der Waals surface area contributed by atoms with Crippen LogP contribution in [0.1, 0.15) is 79.3 Å². The Labute approximate surface area is 236 Å². The van der Waals surface area contributed by atoms with E-state index in [0.29, 0.717) is 0 Å². The Bertz CT molecular complexity index is 1090. The molecule has 0 radical (unpaired) electrons. The summed E-state index contributed by atoms with van der Waals surface area (Å²) in [6.07, 6.45) is 0.128. The van der Waals surface area contributed by atoms with Crippen LogP contribution in [0.25, 0.3) is 0 Å². The lowest BCUT2D eigenvalue weighted by molar-refractivity contribution is -0.142. The van der Waals surface area contributed by atoms with Crippen molar-refractivity contribution < 1.29 is 29.0 Å². The molecule has 2 aliphatic rings. The Morgan fingerprint density at radius 2 is 1.65 bits per heavy atom. The van der Waals surface area contributed by atoms with Gasteiger partial charge in [0.15, 0.2) is 0 Å². The van der Waals surface area contributed by atoms with Gasteiger partial charge in [-0.15, -0.1) is 0 Å². The molecule has 2 heterocycles. The highest BCUT2D eigenvalue weighted by Gasteiger charge is 2.45. The van der Waals surface area contributed by atoms with Crippen LogP contribution in [0.4, 0.5) is 10.5 Å². The zero-order valence-corrected chi connectivity index (χ0v) is 24.7. The number of carbonyl (C=O) groups is 4. The van der Waals surface area contributed by atoms with Crippen LogP contribution < -0.4 is 21.3 Å². The molecule has 11 heteroatoms. The van der Waals surface area contributed by atoms with Gasteiger partial charge in [-0.25, -0.2) is 4.79 Å². The molecule has 0 bridgehead atoms. The van der Waals surface area contributed by atoms with E-state index in [9.17, 15) is 24.3 Å². The molecule has 5 N–H and O–H groups in total. The number of aliphatic hydroxyl groups excluding tert-OH is 1. The van der Waals surface area contributed by atoms with Crippen molar-refractivity contribution in [3.8, 4) is 0 Å². The standard InChI is InChI=1S/C29H45N5O6/c1-17(18-10-12-19(13-11-18)33-14-8-9-21(33)24(30)36)31-25(37)22-15-20(35)16-34(22)26(38)23(28(2,3)4)32-27(39)40-29(5,6)7/h10-13,17,20-23,35H,8-9,14-16H2,1-7H3,(H2,30,36)(H,31,37)(H,32,39)/t17-,20+,21-,22-,23+/m0/s1. The molecule has 1 aromatic rings. The van der Waals surface area contributed by atoms with E-state index in [1.807, 2.05) is 56.9 Å². The molecular formula is C29H45N5O6. The van der Waals surface area contributed by atoms with Gasteiger partial charge in [0, 0.05) is 25.2 Å². The Morgan fingerprint density at radius 1 is 1.02 bits per heavy atom. The summed E-state index contributed by atoms with van der Waals surface area (Å²) in [6.45, 7) is 13.2. The van der Waals surface area contributed by atoms with Gasteiger partial charge in [-0.2, -0.15) is 0 Å². The molecule has 5 atom stereocenters. The summed E-state index contributed by atoms with van der Waals surface area (Å²) in [5, 5.41) is 16.0. The minimum absolute atomic E-state index is 0.0144. The third-order valence-corrected chi connectivity index (χ3v) is 7.30. The number of benzene rings is 1. The van der Waals surface area contributed by atoms with Crippen molar-refractivity contribution in [1.29, 1.82) is 0 Å². The maximum absolute atomic E-state index is 13.7. The summed E-state index contributed by atoms with van der Waals surface area (Å²) < 4.78 is 5.36. The first-order chi connectivity index (χ1) is 18.5. The number of rotatable bonds is 7. The summed E-state index contributed by atoms with van der Waals surface area (Å²) in [4.78, 5) is 54.7. The summed E-state index contributed by atoms with van der Waals surface area (Å²) in [5.74, 6) is -1.18. The molecule has 2 saturated heterocycles. The number of ether oxygens (including phenoxy) is 1. The van der Waals surface area contributed by atoms with Gasteiger partial charge in [-0.1, -0.05) is 32.9 Å². The SMILES string of the molecule is C[C@H](NC(=O)[C@@H]1C[C@@H](O)CN1C(=O)[C@@H](NC(=O)OC(C)(C)C)C(C)(C)C)c1ccc(N2CCC[C@H]2C(N)=O)cc1. The maximum Gasteiger partial charge on any atom is 0.408 e. The van der Waals surface area contributed by atoms with E-state index >= 15 is 0 Å². The first-order valence-corrected chi connectivity index (χ1v) is 13.9. The Balaban J connectivity index is 1.70. The van der Waals surface area contributed by atoms with Crippen LogP contribution in [-0.2, 0) is 19.1 Å². The van der Waals surface area contributed by atoms with Gasteiger partial charge < -0.3 is 36.0 Å². The molecule has 0 unspecified atom stereocenters. The highest BCUT2D eigenvalue weighted by atomic mass is 16.6. The molecule has 2 aliphatic heterocycles. The van der Waals surface area contributed by atoms with Gasteiger partial charge >= 0.3 is 6.09 Å². The van der Waals surface area contributed by atoms with Crippen molar-refractivity contribution in [1.82, 2.24) is 15.5 Å². The molecule has 11 nitrogen and oxygen atoms in total. The smallest absolute Gasteiger partial charge is 0.408 e. The monoisotopic (exact) mass is 559 g/mol. The third kappa shape index (κ3) is 7.65. The highest BCUT2D eigenvalue weighted by Crippen LogP contribution is 2.29. The number of hydrogen-bond acceptors (Lipinski definition) is 7. The number of nitrogens with zero attached hydrogens (tertiary/aromatic N) is 2. The van der Waals surface area contributed by atoms with Crippen LogP contribution in [0.15, 0.2) is 24.3 Å². The second kappa shape index (κ2) is 12.0. The average Bonchev–Trinajstić information content (AvgIpc) is 3.47. The fourth-order valence-corrected chi connectivity index (χ4v) is 5.26. The molecule has 3 rings (SSSR count). The number of likely N-dealkylation sites (tertiary alicyclic amines) is 1. The van der Waals surface area contributed by atoms with Crippen LogP contribution in [-0.4, -0.2) is 76.7 Å². The molecule has 4 amide bonds. The minimum Gasteiger partial charge on any atom is -0.444 e. The number of anilines is 1. The fourth-order valence-electron chi connectivity index (χ4n) is 5.26. The zero-order chi connectivity index (χ0) is 30.0. The summed E-state index contributed by atoms with van der Waals surface area (Å²) in [7, 11) is 0. The molecule has 0 aliphatic carbocycles. The summed E-state index contributed by atoms with van der Waals surface area (Å²) in [6, 6.07) is 5.04. The molecule has 2 fully saturated rings. The van der Waals surface area contributed by atoms with E-state index in [0.717, 1.165) is 30.6 Å². The van der Waals surface area contributed by atoms with Crippen molar-refractivity contribution in [2.75, 3.05) is 18.0 Å². The van der Waals surface area contributed by atoms with Gasteiger partial charge in [0.05, 0.1) is 12.1 Å². The molecular weight excluding hydrogens is 514 g/mol. The number of primary amides is 1. The second-order valence-corrected chi connectivity index (χ2v) is 12.9. The van der Waals surface area contributed by atoms with Crippen LogP contribution >= 0.6 is 0 Å². The van der Waals surface area contributed by atoms with E-state index < -0.39 is 41.2 Å². The lowest BCUT2D eigenvalue weighted by Crippen LogP contribution is -2.58. The predicted molar refractivity (Wildman–Crippen MR) is 151 cm³/mol. The van der Waals surface area contributed by atoms with E-state index in [1.165, 1.54) is 4.90 Å². The minimum atomic E-state index is -0.970. The van der Waals surface area contributed by atoms with Crippen LogP contribution in [0.5, 0.6) is 0 Å². The van der Waals surface area contributed by atoms with Gasteiger partial charge in [-0.3, -0.25) is 14.4 Å². The van der Waals surface area contributed by atoms with Crippen LogP contribution in [0, 0.1) is 5.41 Å². The number of amides is 4. The van der Waals surface area contributed by atoms with E-state index in [4.69, 9.17) is 10.5 Å². The van der Waals surface area contributed by atoms with E-state index in [1.54, 1.807) is 20.8 Å². The number of nitrogens with two attached hydrogens (primary N) is 1. The second-order valence-electron chi connectivity index (χ2n) is 12.9. The Morgan fingerprint density at radius 3 is 2.20 bits per heavy atom. The molecule has 1 aromatic carbocycles. The van der Waals surface area contributed by atoms with E-state index in [-0.39, 0.29) is 36.9 Å². The lowest BCUT2D eigenvalue weighted by atomic mass is 9.85. The normalized spacial score (nSPS) is 22.9. The van der Waals surface area contributed by atoms with Crippen molar-refractivity contribution in [3.63, 3.8) is 0 Å². The summed E-state index contributed by atoms with van der Waals surface area (Å²) in [5.41, 5.74) is 5.87.